The molecule has 0 aliphatic carbocycles. The minimum atomic E-state index is 0. The fourth-order valence-corrected chi connectivity index (χ4v) is 3.67. The van der Waals surface area contributed by atoms with E-state index in [0.717, 1.165) is 39.1 Å². The Morgan fingerprint density at radius 1 is 1.14 bits per heavy atom. The SMILES string of the molecule is CCN(CC)C(=O)N1CC2CC1CN2Cc1ccccc1.Cl. The third-order valence-electron chi connectivity index (χ3n) is 4.86. The second kappa shape index (κ2) is 7.34. The summed E-state index contributed by atoms with van der Waals surface area (Å²) in [5, 5.41) is 0. The molecule has 2 atom stereocenters. The predicted octanol–water partition coefficient (Wildman–Crippen LogP) is 2.83. The van der Waals surface area contributed by atoms with Crippen LogP contribution in [0.5, 0.6) is 0 Å². The number of urea groups is 1. The molecule has 0 aromatic heterocycles. The molecule has 2 aliphatic rings. The quantitative estimate of drug-likeness (QED) is 0.852. The molecule has 2 bridgehead atoms. The molecular formula is C17H26ClN3O. The summed E-state index contributed by atoms with van der Waals surface area (Å²) in [6.45, 7) is 8.64. The van der Waals surface area contributed by atoms with Crippen LogP contribution in [0.25, 0.3) is 0 Å². The standard InChI is InChI=1S/C17H25N3O.ClH/c1-3-18(4-2)17(21)20-13-15-10-16(20)12-19(15)11-14-8-6-5-7-9-14;/h5-9,15-16H,3-4,10-13H2,1-2H3;1H. The lowest BCUT2D eigenvalue weighted by Crippen LogP contribution is -2.52. The summed E-state index contributed by atoms with van der Waals surface area (Å²) in [7, 11) is 0. The van der Waals surface area contributed by atoms with Gasteiger partial charge in [-0.05, 0) is 25.8 Å². The van der Waals surface area contributed by atoms with Crippen LogP contribution >= 0.6 is 12.4 Å². The molecule has 1 aromatic rings. The summed E-state index contributed by atoms with van der Waals surface area (Å²) in [5.41, 5.74) is 1.37. The number of benzene rings is 1. The molecule has 2 saturated heterocycles. The van der Waals surface area contributed by atoms with Crippen LogP contribution in [-0.2, 0) is 6.54 Å². The third-order valence-corrected chi connectivity index (χ3v) is 4.86. The van der Waals surface area contributed by atoms with Gasteiger partial charge in [0.2, 0.25) is 0 Å². The molecule has 2 aliphatic heterocycles. The van der Waals surface area contributed by atoms with E-state index in [9.17, 15) is 4.79 Å². The lowest BCUT2D eigenvalue weighted by atomic mass is 10.2. The third kappa shape index (κ3) is 3.23. The van der Waals surface area contributed by atoms with Crippen molar-refractivity contribution in [2.45, 2.75) is 38.9 Å². The van der Waals surface area contributed by atoms with E-state index in [-0.39, 0.29) is 18.4 Å². The zero-order valence-electron chi connectivity index (χ0n) is 13.4. The summed E-state index contributed by atoms with van der Waals surface area (Å²) in [4.78, 5) is 19.1. The minimum absolute atomic E-state index is 0. The smallest absolute Gasteiger partial charge is 0.320 e. The second-order valence-corrected chi connectivity index (χ2v) is 6.07. The van der Waals surface area contributed by atoms with Crippen LogP contribution in [0, 0.1) is 0 Å². The molecule has 3 rings (SSSR count). The Kier molecular flexibility index (Phi) is 5.70. The molecule has 2 amide bonds. The number of carbonyl (C=O) groups is 1. The molecule has 0 radical (unpaired) electrons. The van der Waals surface area contributed by atoms with Crippen LogP contribution in [0.1, 0.15) is 25.8 Å². The summed E-state index contributed by atoms with van der Waals surface area (Å²) >= 11 is 0. The maximum Gasteiger partial charge on any atom is 0.320 e. The maximum absolute atomic E-state index is 12.5. The topological polar surface area (TPSA) is 26.8 Å². The lowest BCUT2D eigenvalue weighted by Gasteiger charge is -2.36. The first kappa shape index (κ1) is 17.1. The average Bonchev–Trinajstić information content (AvgIpc) is 3.09. The molecular weight excluding hydrogens is 298 g/mol. The van der Waals surface area contributed by atoms with Crippen LogP contribution in [-0.4, -0.2) is 59.0 Å². The highest BCUT2D eigenvalue weighted by molar-refractivity contribution is 5.85. The Hall–Kier alpha value is -1.26. The molecule has 2 unspecified atom stereocenters. The molecule has 5 heteroatoms. The van der Waals surface area contributed by atoms with Gasteiger partial charge < -0.3 is 9.80 Å². The summed E-state index contributed by atoms with van der Waals surface area (Å²) < 4.78 is 0. The Balaban J connectivity index is 0.00000176. The highest BCUT2D eigenvalue weighted by atomic mass is 35.5. The van der Waals surface area contributed by atoms with E-state index in [1.54, 1.807) is 0 Å². The molecule has 2 fully saturated rings. The Bertz CT molecular complexity index is 492. The number of hydrogen-bond acceptors (Lipinski definition) is 2. The lowest BCUT2D eigenvalue weighted by molar-refractivity contribution is 0.110. The Morgan fingerprint density at radius 3 is 2.36 bits per heavy atom. The fraction of sp³-hybridized carbons (Fsp3) is 0.588. The van der Waals surface area contributed by atoms with E-state index in [1.807, 2.05) is 4.90 Å². The molecule has 0 N–H and O–H groups in total. The van der Waals surface area contributed by atoms with Gasteiger partial charge >= 0.3 is 6.03 Å². The molecule has 22 heavy (non-hydrogen) atoms. The van der Waals surface area contributed by atoms with Crippen LogP contribution in [0.15, 0.2) is 30.3 Å². The number of amides is 2. The van der Waals surface area contributed by atoms with Crippen LogP contribution in [0.3, 0.4) is 0 Å². The summed E-state index contributed by atoms with van der Waals surface area (Å²) in [6, 6.07) is 11.8. The van der Waals surface area contributed by atoms with Gasteiger partial charge in [0.15, 0.2) is 0 Å². The van der Waals surface area contributed by atoms with Crippen LogP contribution in [0.2, 0.25) is 0 Å². The summed E-state index contributed by atoms with van der Waals surface area (Å²) in [5.74, 6) is 0. The van der Waals surface area contributed by atoms with Crippen molar-refractivity contribution < 1.29 is 4.79 Å². The van der Waals surface area contributed by atoms with Crippen molar-refractivity contribution in [3.63, 3.8) is 0 Å². The van der Waals surface area contributed by atoms with E-state index in [0.29, 0.717) is 12.1 Å². The average molecular weight is 324 g/mol. The van der Waals surface area contributed by atoms with Crippen LogP contribution < -0.4 is 0 Å². The van der Waals surface area contributed by atoms with E-state index in [2.05, 4.69) is 54.0 Å². The van der Waals surface area contributed by atoms with Crippen molar-refractivity contribution in [2.24, 2.45) is 0 Å². The number of carbonyl (C=O) groups excluding carboxylic acids is 1. The number of fused-ring (bicyclic) bond motifs is 2. The van der Waals surface area contributed by atoms with Gasteiger partial charge in [-0.25, -0.2) is 4.79 Å². The van der Waals surface area contributed by atoms with Gasteiger partial charge in [-0.2, -0.15) is 0 Å². The largest absolute Gasteiger partial charge is 0.325 e. The Labute approximate surface area is 139 Å². The number of piperazine rings is 1. The zero-order valence-corrected chi connectivity index (χ0v) is 14.3. The number of rotatable bonds is 4. The van der Waals surface area contributed by atoms with Crippen molar-refractivity contribution in [1.29, 1.82) is 0 Å². The van der Waals surface area contributed by atoms with Crippen molar-refractivity contribution in [3.05, 3.63) is 35.9 Å². The maximum atomic E-state index is 12.5. The van der Waals surface area contributed by atoms with Crippen molar-refractivity contribution >= 4 is 18.4 Å². The van der Waals surface area contributed by atoms with E-state index in [1.165, 1.54) is 5.56 Å². The fourth-order valence-electron chi connectivity index (χ4n) is 3.67. The molecule has 0 spiro atoms. The zero-order chi connectivity index (χ0) is 14.8. The van der Waals surface area contributed by atoms with E-state index >= 15 is 0 Å². The normalized spacial score (nSPS) is 23.5. The molecule has 2 heterocycles. The highest BCUT2D eigenvalue weighted by Gasteiger charge is 2.45. The number of hydrogen-bond donors (Lipinski definition) is 0. The van der Waals surface area contributed by atoms with Gasteiger partial charge in [-0.15, -0.1) is 12.4 Å². The molecule has 1 aromatic carbocycles. The van der Waals surface area contributed by atoms with Crippen molar-refractivity contribution in [1.82, 2.24) is 14.7 Å². The monoisotopic (exact) mass is 323 g/mol. The first-order valence-electron chi connectivity index (χ1n) is 8.06. The predicted molar refractivity (Wildman–Crippen MR) is 91.3 cm³/mol. The molecule has 122 valence electrons. The van der Waals surface area contributed by atoms with Crippen molar-refractivity contribution in [2.75, 3.05) is 26.2 Å². The van der Waals surface area contributed by atoms with Gasteiger partial charge in [-0.1, -0.05) is 30.3 Å². The first-order chi connectivity index (χ1) is 10.2. The van der Waals surface area contributed by atoms with E-state index < -0.39 is 0 Å². The number of likely N-dealkylation sites (tertiary alicyclic amines) is 2. The molecule has 4 nitrogen and oxygen atoms in total. The number of nitrogens with zero attached hydrogens (tertiary/aromatic N) is 3. The first-order valence-corrected chi connectivity index (χ1v) is 8.06. The van der Waals surface area contributed by atoms with Gasteiger partial charge in [0.25, 0.3) is 0 Å². The molecule has 0 saturated carbocycles. The number of halogens is 1. The van der Waals surface area contributed by atoms with Gasteiger partial charge in [-0.3, -0.25) is 4.90 Å². The highest BCUT2D eigenvalue weighted by Crippen LogP contribution is 2.32. The van der Waals surface area contributed by atoms with Gasteiger partial charge in [0, 0.05) is 44.8 Å². The summed E-state index contributed by atoms with van der Waals surface area (Å²) in [6.07, 6.45) is 1.14. The van der Waals surface area contributed by atoms with Crippen LogP contribution in [0.4, 0.5) is 4.79 Å². The minimum Gasteiger partial charge on any atom is -0.325 e. The van der Waals surface area contributed by atoms with Gasteiger partial charge in [0.05, 0.1) is 0 Å². The second-order valence-electron chi connectivity index (χ2n) is 6.07. The Morgan fingerprint density at radius 2 is 1.82 bits per heavy atom. The van der Waals surface area contributed by atoms with E-state index in [4.69, 9.17) is 0 Å². The van der Waals surface area contributed by atoms with Crippen molar-refractivity contribution in [3.8, 4) is 0 Å². The van der Waals surface area contributed by atoms with Gasteiger partial charge in [0.1, 0.15) is 0 Å².